The molecule has 1 N–H and O–H groups in total. The molecule has 0 unspecified atom stereocenters. The molecule has 0 fully saturated rings. The second-order valence-corrected chi connectivity index (χ2v) is 4.27. The van der Waals surface area contributed by atoms with Crippen molar-refractivity contribution in [3.05, 3.63) is 54.1 Å². The quantitative estimate of drug-likeness (QED) is 0.743. The molecule has 5 nitrogen and oxygen atoms in total. The van der Waals surface area contributed by atoms with Crippen molar-refractivity contribution >= 4 is 0 Å². The monoisotopic (exact) mass is 273 g/mol. The van der Waals surface area contributed by atoms with Crippen molar-refractivity contribution in [2.24, 2.45) is 0 Å². The summed E-state index contributed by atoms with van der Waals surface area (Å²) in [5.41, 5.74) is 1.17. The van der Waals surface area contributed by atoms with Crippen molar-refractivity contribution in [3.63, 3.8) is 0 Å². The minimum Gasteiger partial charge on any atom is -0.486 e. The fraction of sp³-hybridized carbons (Fsp3) is 0.333. The van der Waals surface area contributed by atoms with Gasteiger partial charge in [0, 0.05) is 32.6 Å². The smallest absolute Gasteiger partial charge is 0.166 e. The molecule has 5 heteroatoms. The van der Waals surface area contributed by atoms with E-state index in [0.717, 1.165) is 18.8 Å². The number of hydrogen-bond donors (Lipinski definition) is 1. The van der Waals surface area contributed by atoms with E-state index in [4.69, 9.17) is 9.47 Å². The topological polar surface area (TPSA) is 56.3 Å². The van der Waals surface area contributed by atoms with Gasteiger partial charge < -0.3 is 14.8 Å². The molecule has 0 spiro atoms. The third kappa shape index (κ3) is 4.95. The summed E-state index contributed by atoms with van der Waals surface area (Å²) >= 11 is 0. The van der Waals surface area contributed by atoms with E-state index in [1.54, 1.807) is 25.6 Å². The average molecular weight is 273 g/mol. The first-order valence-corrected chi connectivity index (χ1v) is 6.56. The molecule has 0 atom stereocenters. The standard InChI is InChI=1S/C15H19N3O2/c1-19-9-8-16-11-13-4-2-5-14(10-13)20-12-15-17-6-3-7-18-15/h2-7,10,16H,8-9,11-12H2,1H3. The molecule has 0 saturated heterocycles. The minimum absolute atomic E-state index is 0.376. The normalized spacial score (nSPS) is 10.4. The Morgan fingerprint density at radius 1 is 1.15 bits per heavy atom. The number of nitrogens with zero attached hydrogens (tertiary/aromatic N) is 2. The van der Waals surface area contributed by atoms with Gasteiger partial charge in [-0.1, -0.05) is 12.1 Å². The van der Waals surface area contributed by atoms with Crippen LogP contribution in [-0.2, 0) is 17.9 Å². The van der Waals surface area contributed by atoms with Crippen LogP contribution >= 0.6 is 0 Å². The van der Waals surface area contributed by atoms with E-state index >= 15 is 0 Å². The number of nitrogens with one attached hydrogen (secondary N) is 1. The van der Waals surface area contributed by atoms with Crippen LogP contribution < -0.4 is 10.1 Å². The van der Waals surface area contributed by atoms with Gasteiger partial charge in [0.25, 0.3) is 0 Å². The lowest BCUT2D eigenvalue weighted by Crippen LogP contribution is -2.18. The Bertz CT molecular complexity index is 505. The Hall–Kier alpha value is -1.98. The Balaban J connectivity index is 1.83. The summed E-state index contributed by atoms with van der Waals surface area (Å²) in [7, 11) is 1.70. The third-order valence-corrected chi connectivity index (χ3v) is 2.70. The second kappa shape index (κ2) is 8.24. The van der Waals surface area contributed by atoms with Gasteiger partial charge in [-0.3, -0.25) is 0 Å². The van der Waals surface area contributed by atoms with Gasteiger partial charge >= 0.3 is 0 Å². The Morgan fingerprint density at radius 2 is 2.00 bits per heavy atom. The van der Waals surface area contributed by atoms with Gasteiger partial charge in [0.1, 0.15) is 12.4 Å². The first-order chi connectivity index (χ1) is 9.88. The first-order valence-electron chi connectivity index (χ1n) is 6.56. The fourth-order valence-corrected chi connectivity index (χ4v) is 1.70. The van der Waals surface area contributed by atoms with Crippen LogP contribution in [0.25, 0.3) is 0 Å². The zero-order chi connectivity index (χ0) is 14.0. The summed E-state index contributed by atoms with van der Waals surface area (Å²) in [6.07, 6.45) is 3.42. The number of aromatic nitrogens is 2. The Morgan fingerprint density at radius 3 is 2.80 bits per heavy atom. The van der Waals surface area contributed by atoms with Crippen LogP contribution in [0.5, 0.6) is 5.75 Å². The maximum absolute atomic E-state index is 5.68. The fourth-order valence-electron chi connectivity index (χ4n) is 1.70. The molecular formula is C15H19N3O2. The highest BCUT2D eigenvalue weighted by Crippen LogP contribution is 2.14. The zero-order valence-corrected chi connectivity index (χ0v) is 11.6. The van der Waals surface area contributed by atoms with Crippen LogP contribution in [-0.4, -0.2) is 30.2 Å². The first kappa shape index (κ1) is 14.4. The van der Waals surface area contributed by atoms with Gasteiger partial charge in [-0.05, 0) is 23.8 Å². The van der Waals surface area contributed by atoms with Crippen molar-refractivity contribution in [1.82, 2.24) is 15.3 Å². The summed E-state index contributed by atoms with van der Waals surface area (Å²) in [6.45, 7) is 2.71. The molecule has 20 heavy (non-hydrogen) atoms. The molecule has 1 heterocycles. The van der Waals surface area contributed by atoms with E-state index in [1.165, 1.54) is 5.56 Å². The third-order valence-electron chi connectivity index (χ3n) is 2.70. The summed E-state index contributed by atoms with van der Waals surface area (Å²) in [5, 5.41) is 3.30. The molecule has 2 aromatic rings. The van der Waals surface area contributed by atoms with Crippen molar-refractivity contribution < 1.29 is 9.47 Å². The summed E-state index contributed by atoms with van der Waals surface area (Å²) < 4.78 is 10.7. The van der Waals surface area contributed by atoms with Crippen molar-refractivity contribution in [3.8, 4) is 5.75 Å². The van der Waals surface area contributed by atoms with Crippen molar-refractivity contribution in [2.75, 3.05) is 20.3 Å². The SMILES string of the molecule is COCCNCc1cccc(OCc2ncccn2)c1. The Kier molecular flexibility index (Phi) is 5.95. The molecule has 1 aromatic carbocycles. The van der Waals surface area contributed by atoms with Gasteiger partial charge in [-0.25, -0.2) is 9.97 Å². The van der Waals surface area contributed by atoms with E-state index in [-0.39, 0.29) is 0 Å². The maximum atomic E-state index is 5.68. The van der Waals surface area contributed by atoms with Crippen LogP contribution in [0.3, 0.4) is 0 Å². The van der Waals surface area contributed by atoms with Crippen LogP contribution in [0.15, 0.2) is 42.7 Å². The van der Waals surface area contributed by atoms with E-state index in [0.29, 0.717) is 19.0 Å². The van der Waals surface area contributed by atoms with Gasteiger partial charge in [-0.2, -0.15) is 0 Å². The lowest BCUT2D eigenvalue weighted by Gasteiger charge is -2.08. The molecule has 2 rings (SSSR count). The minimum atomic E-state index is 0.376. The van der Waals surface area contributed by atoms with Gasteiger partial charge in [-0.15, -0.1) is 0 Å². The van der Waals surface area contributed by atoms with E-state index in [9.17, 15) is 0 Å². The molecular weight excluding hydrogens is 254 g/mol. The number of benzene rings is 1. The number of ether oxygens (including phenoxy) is 2. The highest BCUT2D eigenvalue weighted by molar-refractivity contribution is 5.28. The Labute approximate surface area is 119 Å². The molecule has 0 aliphatic carbocycles. The summed E-state index contributed by atoms with van der Waals surface area (Å²) in [5.74, 6) is 1.50. The predicted molar refractivity (Wildman–Crippen MR) is 76.4 cm³/mol. The molecule has 106 valence electrons. The molecule has 0 radical (unpaired) electrons. The lowest BCUT2D eigenvalue weighted by atomic mass is 10.2. The molecule has 1 aromatic heterocycles. The van der Waals surface area contributed by atoms with Crippen LogP contribution in [0.2, 0.25) is 0 Å². The second-order valence-electron chi connectivity index (χ2n) is 4.27. The van der Waals surface area contributed by atoms with Crippen molar-refractivity contribution in [1.29, 1.82) is 0 Å². The summed E-state index contributed by atoms with van der Waals surface area (Å²) in [4.78, 5) is 8.25. The zero-order valence-electron chi connectivity index (χ0n) is 11.6. The van der Waals surface area contributed by atoms with Gasteiger partial charge in [0.2, 0.25) is 0 Å². The molecule has 0 aliphatic rings. The van der Waals surface area contributed by atoms with Crippen LogP contribution in [0.1, 0.15) is 11.4 Å². The number of hydrogen-bond acceptors (Lipinski definition) is 5. The summed E-state index contributed by atoms with van der Waals surface area (Å²) in [6, 6.07) is 9.78. The number of rotatable bonds is 8. The highest BCUT2D eigenvalue weighted by atomic mass is 16.5. The molecule has 0 bridgehead atoms. The lowest BCUT2D eigenvalue weighted by molar-refractivity contribution is 0.199. The van der Waals surface area contributed by atoms with Crippen LogP contribution in [0, 0.1) is 0 Å². The van der Waals surface area contributed by atoms with E-state index in [2.05, 4.69) is 21.4 Å². The highest BCUT2D eigenvalue weighted by Gasteiger charge is 1.99. The van der Waals surface area contributed by atoms with Crippen molar-refractivity contribution in [2.45, 2.75) is 13.2 Å². The number of methoxy groups -OCH3 is 1. The maximum Gasteiger partial charge on any atom is 0.166 e. The largest absolute Gasteiger partial charge is 0.486 e. The van der Waals surface area contributed by atoms with Gasteiger partial charge in [0.05, 0.1) is 6.61 Å². The molecule has 0 saturated carbocycles. The van der Waals surface area contributed by atoms with Crippen LogP contribution in [0.4, 0.5) is 0 Å². The van der Waals surface area contributed by atoms with Gasteiger partial charge in [0.15, 0.2) is 5.82 Å². The van der Waals surface area contributed by atoms with E-state index in [1.807, 2.05) is 18.2 Å². The predicted octanol–water partition coefficient (Wildman–Crippen LogP) is 1.79. The molecule has 0 amide bonds. The average Bonchev–Trinajstić information content (AvgIpc) is 2.51. The molecule has 0 aliphatic heterocycles. The van der Waals surface area contributed by atoms with E-state index < -0.39 is 0 Å².